The maximum absolute atomic E-state index is 10.4. The Morgan fingerprint density at radius 2 is 2.00 bits per heavy atom. The number of hydrogen-bond acceptors (Lipinski definition) is 4. The number of carboxylic acids is 1. The molecule has 1 aromatic carbocycles. The van der Waals surface area contributed by atoms with E-state index in [9.17, 15) is 15.0 Å². The summed E-state index contributed by atoms with van der Waals surface area (Å²) < 4.78 is 0. The number of carboxylic acid groups (broad SMARTS) is 1. The van der Waals surface area contributed by atoms with E-state index in [1.807, 2.05) is 0 Å². The number of aromatic hydroxyl groups is 1. The number of aliphatic carboxylic acids is 1. The smallest absolute Gasteiger partial charge is 0.306 e. The van der Waals surface area contributed by atoms with E-state index in [0.29, 0.717) is 11.1 Å². The maximum Gasteiger partial charge on any atom is 0.306 e. The van der Waals surface area contributed by atoms with Crippen LogP contribution in [0.15, 0.2) is 18.2 Å². The summed E-state index contributed by atoms with van der Waals surface area (Å²) in [6.45, 7) is 1.66. The molecule has 5 nitrogen and oxygen atoms in total. The first-order valence-electron chi connectivity index (χ1n) is 4.79. The molecule has 0 heterocycles. The summed E-state index contributed by atoms with van der Waals surface area (Å²) in [6.07, 6.45) is -3.15. The van der Waals surface area contributed by atoms with Crippen molar-refractivity contribution in [2.75, 3.05) is 0 Å². The average Bonchev–Trinajstić information content (AvgIpc) is 2.15. The molecule has 16 heavy (non-hydrogen) atoms. The highest BCUT2D eigenvalue weighted by atomic mass is 16.4. The van der Waals surface area contributed by atoms with E-state index in [-0.39, 0.29) is 5.75 Å². The van der Waals surface area contributed by atoms with E-state index in [2.05, 4.69) is 0 Å². The Bertz CT molecular complexity index is 388. The van der Waals surface area contributed by atoms with E-state index < -0.39 is 24.6 Å². The summed E-state index contributed by atoms with van der Waals surface area (Å²) in [5.41, 5.74) is 1.00. The third kappa shape index (κ3) is 2.95. The number of rotatable bonds is 4. The van der Waals surface area contributed by atoms with Crippen molar-refractivity contribution in [1.29, 1.82) is 0 Å². The Hall–Kier alpha value is -1.59. The molecule has 1 aromatic rings. The molecule has 0 aliphatic heterocycles. The molecule has 1 rings (SSSR count). The van der Waals surface area contributed by atoms with Gasteiger partial charge in [0.15, 0.2) is 0 Å². The Morgan fingerprint density at radius 3 is 2.50 bits per heavy atom. The van der Waals surface area contributed by atoms with Gasteiger partial charge in [-0.15, -0.1) is 0 Å². The zero-order chi connectivity index (χ0) is 12.3. The molecule has 5 heteroatoms. The van der Waals surface area contributed by atoms with Crippen LogP contribution in [0.25, 0.3) is 0 Å². The largest absolute Gasteiger partial charge is 0.508 e. The van der Waals surface area contributed by atoms with Crippen LogP contribution in [0.2, 0.25) is 0 Å². The van der Waals surface area contributed by atoms with Gasteiger partial charge in [0.1, 0.15) is 11.9 Å². The standard InChI is InChI=1S/C11H14O5/c1-6-4-7(12)2-3-8(6)11(16)9(13)5-10(14)15/h2-4,9,11-13,16H,5H2,1H3,(H,14,15). The van der Waals surface area contributed by atoms with Crippen molar-refractivity contribution in [3.63, 3.8) is 0 Å². The molecule has 0 aliphatic carbocycles. The fraction of sp³-hybridized carbons (Fsp3) is 0.364. The van der Waals surface area contributed by atoms with Crippen LogP contribution in [0.5, 0.6) is 5.75 Å². The highest BCUT2D eigenvalue weighted by Crippen LogP contribution is 2.25. The normalized spacial score (nSPS) is 14.4. The van der Waals surface area contributed by atoms with Crippen molar-refractivity contribution in [3.8, 4) is 5.75 Å². The zero-order valence-corrected chi connectivity index (χ0v) is 8.79. The van der Waals surface area contributed by atoms with E-state index >= 15 is 0 Å². The van der Waals surface area contributed by atoms with Crippen molar-refractivity contribution in [3.05, 3.63) is 29.3 Å². The third-order valence-corrected chi connectivity index (χ3v) is 2.32. The number of phenols is 1. The van der Waals surface area contributed by atoms with Gasteiger partial charge in [-0.2, -0.15) is 0 Å². The van der Waals surface area contributed by atoms with Gasteiger partial charge in [-0.3, -0.25) is 4.79 Å². The summed E-state index contributed by atoms with van der Waals surface area (Å²) >= 11 is 0. The fourth-order valence-electron chi connectivity index (χ4n) is 1.49. The number of hydrogen-bond donors (Lipinski definition) is 4. The second-order valence-corrected chi connectivity index (χ2v) is 3.65. The molecule has 2 atom stereocenters. The van der Waals surface area contributed by atoms with Gasteiger partial charge < -0.3 is 20.4 Å². The van der Waals surface area contributed by atoms with Gasteiger partial charge in [0.25, 0.3) is 0 Å². The van der Waals surface area contributed by atoms with E-state index in [4.69, 9.17) is 10.2 Å². The van der Waals surface area contributed by atoms with Crippen LogP contribution in [-0.2, 0) is 4.79 Å². The van der Waals surface area contributed by atoms with Crippen LogP contribution < -0.4 is 0 Å². The second-order valence-electron chi connectivity index (χ2n) is 3.65. The van der Waals surface area contributed by atoms with Crippen molar-refractivity contribution in [1.82, 2.24) is 0 Å². The van der Waals surface area contributed by atoms with E-state index in [1.165, 1.54) is 18.2 Å². The molecular weight excluding hydrogens is 212 g/mol. The van der Waals surface area contributed by atoms with Crippen LogP contribution in [0.1, 0.15) is 23.7 Å². The highest BCUT2D eigenvalue weighted by Gasteiger charge is 2.22. The molecule has 0 radical (unpaired) electrons. The molecular formula is C11H14O5. The quantitative estimate of drug-likeness (QED) is 0.601. The maximum atomic E-state index is 10.4. The predicted molar refractivity (Wildman–Crippen MR) is 56.1 cm³/mol. The van der Waals surface area contributed by atoms with Gasteiger partial charge in [-0.05, 0) is 30.2 Å². The van der Waals surface area contributed by atoms with Crippen LogP contribution in [0, 0.1) is 6.92 Å². The Morgan fingerprint density at radius 1 is 1.38 bits per heavy atom. The van der Waals surface area contributed by atoms with Crippen molar-refractivity contribution in [2.24, 2.45) is 0 Å². The third-order valence-electron chi connectivity index (χ3n) is 2.32. The van der Waals surface area contributed by atoms with Gasteiger partial charge in [0, 0.05) is 0 Å². The average molecular weight is 226 g/mol. The monoisotopic (exact) mass is 226 g/mol. The molecule has 0 spiro atoms. The van der Waals surface area contributed by atoms with Gasteiger partial charge in [0.05, 0.1) is 12.5 Å². The summed E-state index contributed by atoms with van der Waals surface area (Å²) in [7, 11) is 0. The summed E-state index contributed by atoms with van der Waals surface area (Å²) in [6, 6.07) is 4.27. The molecule has 0 saturated carbocycles. The van der Waals surface area contributed by atoms with Crippen LogP contribution in [-0.4, -0.2) is 32.5 Å². The lowest BCUT2D eigenvalue weighted by molar-refractivity contribution is -0.141. The Kier molecular flexibility index (Phi) is 3.87. The van der Waals surface area contributed by atoms with Crippen molar-refractivity contribution < 1.29 is 25.2 Å². The number of phenolic OH excluding ortho intramolecular Hbond substituents is 1. The minimum Gasteiger partial charge on any atom is -0.508 e. The van der Waals surface area contributed by atoms with E-state index in [0.717, 1.165) is 0 Å². The molecule has 4 N–H and O–H groups in total. The summed E-state index contributed by atoms with van der Waals surface area (Å²) in [5.74, 6) is -1.12. The molecule has 0 amide bonds. The number of benzene rings is 1. The van der Waals surface area contributed by atoms with Gasteiger partial charge in [-0.25, -0.2) is 0 Å². The summed E-state index contributed by atoms with van der Waals surface area (Å²) in [5, 5.41) is 36.8. The Balaban J connectivity index is 2.87. The van der Waals surface area contributed by atoms with Gasteiger partial charge >= 0.3 is 5.97 Å². The Labute approximate surface area is 92.6 Å². The predicted octanol–water partition coefficient (Wildman–Crippen LogP) is 0.570. The topological polar surface area (TPSA) is 98.0 Å². The van der Waals surface area contributed by atoms with Crippen molar-refractivity contribution in [2.45, 2.75) is 25.6 Å². The van der Waals surface area contributed by atoms with Crippen molar-refractivity contribution >= 4 is 5.97 Å². The molecule has 0 bridgehead atoms. The number of carbonyl (C=O) groups is 1. The van der Waals surface area contributed by atoms with Crippen LogP contribution >= 0.6 is 0 Å². The van der Waals surface area contributed by atoms with E-state index in [1.54, 1.807) is 6.92 Å². The SMILES string of the molecule is Cc1cc(O)ccc1C(O)C(O)CC(=O)O. The molecule has 0 fully saturated rings. The molecule has 2 unspecified atom stereocenters. The highest BCUT2D eigenvalue weighted by molar-refractivity contribution is 5.67. The molecule has 0 aliphatic rings. The lowest BCUT2D eigenvalue weighted by atomic mass is 9.98. The number of aliphatic hydroxyl groups excluding tert-OH is 2. The number of aliphatic hydroxyl groups is 2. The minimum atomic E-state index is -1.36. The zero-order valence-electron chi connectivity index (χ0n) is 8.79. The van der Waals surface area contributed by atoms with Gasteiger partial charge in [-0.1, -0.05) is 6.07 Å². The lowest BCUT2D eigenvalue weighted by Gasteiger charge is -2.18. The summed E-state index contributed by atoms with van der Waals surface area (Å²) in [4.78, 5) is 10.4. The first-order chi connectivity index (χ1) is 7.41. The molecule has 88 valence electrons. The molecule has 0 saturated heterocycles. The number of aryl methyl sites for hydroxylation is 1. The first kappa shape index (κ1) is 12.5. The molecule has 0 aromatic heterocycles. The second kappa shape index (κ2) is 4.96. The fourth-order valence-corrected chi connectivity index (χ4v) is 1.49. The first-order valence-corrected chi connectivity index (χ1v) is 4.79. The minimum absolute atomic E-state index is 0.0566. The lowest BCUT2D eigenvalue weighted by Crippen LogP contribution is -2.22. The van der Waals surface area contributed by atoms with Crippen LogP contribution in [0.3, 0.4) is 0 Å². The van der Waals surface area contributed by atoms with Crippen LogP contribution in [0.4, 0.5) is 0 Å². The van der Waals surface area contributed by atoms with Gasteiger partial charge in [0.2, 0.25) is 0 Å².